The van der Waals surface area contributed by atoms with E-state index in [1.54, 1.807) is 6.92 Å². The predicted octanol–water partition coefficient (Wildman–Crippen LogP) is 1.29. The summed E-state index contributed by atoms with van der Waals surface area (Å²) in [6, 6.07) is 5.75. The molecule has 3 amide bonds. The van der Waals surface area contributed by atoms with Crippen LogP contribution < -0.4 is 22.0 Å². The number of hydrogen-bond acceptors (Lipinski definition) is 7. The first-order valence-electron chi connectivity index (χ1n) is 9.99. The molecule has 11 nitrogen and oxygen atoms in total. The summed E-state index contributed by atoms with van der Waals surface area (Å²) in [6.07, 6.45) is 1.29. The van der Waals surface area contributed by atoms with Crippen LogP contribution in [0.15, 0.2) is 41.3 Å². The lowest BCUT2D eigenvalue weighted by molar-refractivity contribution is -0.153. The Hall–Kier alpha value is -3.93. The van der Waals surface area contributed by atoms with Gasteiger partial charge >= 0.3 is 5.97 Å². The number of benzene rings is 1. The van der Waals surface area contributed by atoms with Crippen LogP contribution in [0.4, 0.5) is 15.8 Å². The van der Waals surface area contributed by atoms with Crippen LogP contribution in [0.25, 0.3) is 0 Å². The van der Waals surface area contributed by atoms with Gasteiger partial charge in [-0.25, -0.2) is 9.40 Å². The van der Waals surface area contributed by atoms with Crippen molar-refractivity contribution in [1.82, 2.24) is 15.0 Å². The van der Waals surface area contributed by atoms with Crippen molar-refractivity contribution in [3.63, 3.8) is 0 Å². The quantitative estimate of drug-likeness (QED) is 0.283. The van der Waals surface area contributed by atoms with Crippen molar-refractivity contribution in [2.75, 3.05) is 30.9 Å². The van der Waals surface area contributed by atoms with E-state index in [0.717, 1.165) is 4.57 Å². The maximum absolute atomic E-state index is 12.9. The van der Waals surface area contributed by atoms with Gasteiger partial charge in [0.2, 0.25) is 0 Å². The number of halogens is 2. The Kier molecular flexibility index (Phi) is 9.13. The second-order valence-electron chi connectivity index (χ2n) is 6.90. The SMILES string of the molecule is CCOC(=O)CN(NC(=O)[C@@H](C)n1cccc(NC(=O)c2ccc(N)c(Cl)c2)c1=O)C(=O)CF. The van der Waals surface area contributed by atoms with Crippen molar-refractivity contribution >= 4 is 46.7 Å². The second kappa shape index (κ2) is 11.8. The zero-order valence-corrected chi connectivity index (χ0v) is 19.1. The van der Waals surface area contributed by atoms with E-state index in [-0.39, 0.29) is 28.6 Å². The van der Waals surface area contributed by atoms with Crippen molar-refractivity contribution in [2.24, 2.45) is 0 Å². The summed E-state index contributed by atoms with van der Waals surface area (Å²) in [5.41, 5.74) is 7.30. The zero-order valence-electron chi connectivity index (χ0n) is 18.3. The molecule has 1 atom stereocenters. The Bertz CT molecular complexity index is 1150. The Labute approximate surface area is 198 Å². The molecule has 34 heavy (non-hydrogen) atoms. The number of anilines is 2. The van der Waals surface area contributed by atoms with Gasteiger partial charge in [0.05, 0.1) is 17.3 Å². The molecule has 1 aromatic carbocycles. The number of carbonyl (C=O) groups is 4. The number of alkyl halides is 1. The Morgan fingerprint density at radius 2 is 1.97 bits per heavy atom. The number of hydrogen-bond donors (Lipinski definition) is 3. The molecular formula is C21H23ClFN5O6. The summed E-state index contributed by atoms with van der Waals surface area (Å²) in [4.78, 5) is 61.4. The number of amides is 3. The Balaban J connectivity index is 2.20. The van der Waals surface area contributed by atoms with E-state index in [9.17, 15) is 28.4 Å². The van der Waals surface area contributed by atoms with Gasteiger partial charge in [0.25, 0.3) is 23.3 Å². The van der Waals surface area contributed by atoms with Gasteiger partial charge in [-0.2, -0.15) is 0 Å². The lowest BCUT2D eigenvalue weighted by Gasteiger charge is -2.24. The summed E-state index contributed by atoms with van der Waals surface area (Å²) in [5.74, 6) is -3.56. The molecular weight excluding hydrogens is 473 g/mol. The minimum absolute atomic E-state index is 0.0251. The molecule has 0 saturated heterocycles. The molecule has 0 spiro atoms. The smallest absolute Gasteiger partial charge is 0.327 e. The van der Waals surface area contributed by atoms with Crippen molar-refractivity contribution in [2.45, 2.75) is 19.9 Å². The topological polar surface area (TPSA) is 153 Å². The number of nitrogens with zero attached hydrogens (tertiary/aromatic N) is 2. The third-order valence-electron chi connectivity index (χ3n) is 4.54. The number of ether oxygens (including phenoxy) is 1. The van der Waals surface area contributed by atoms with Crippen LogP contribution in [0.3, 0.4) is 0 Å². The minimum Gasteiger partial charge on any atom is -0.465 e. The highest BCUT2D eigenvalue weighted by Crippen LogP contribution is 2.20. The van der Waals surface area contributed by atoms with Gasteiger partial charge in [0.1, 0.15) is 18.3 Å². The highest BCUT2D eigenvalue weighted by molar-refractivity contribution is 6.33. The molecule has 0 fully saturated rings. The second-order valence-corrected chi connectivity index (χ2v) is 7.30. The van der Waals surface area contributed by atoms with Crippen LogP contribution in [-0.4, -0.2) is 53.1 Å². The van der Waals surface area contributed by atoms with E-state index in [1.807, 2.05) is 0 Å². The molecule has 2 aromatic rings. The van der Waals surface area contributed by atoms with Crippen molar-refractivity contribution in [1.29, 1.82) is 0 Å². The average Bonchev–Trinajstić information content (AvgIpc) is 2.80. The third kappa shape index (κ3) is 6.54. The van der Waals surface area contributed by atoms with Gasteiger partial charge in [-0.1, -0.05) is 11.6 Å². The van der Waals surface area contributed by atoms with Crippen molar-refractivity contribution < 1.29 is 28.3 Å². The molecule has 1 heterocycles. The van der Waals surface area contributed by atoms with Crippen LogP contribution in [0.1, 0.15) is 30.2 Å². The predicted molar refractivity (Wildman–Crippen MR) is 122 cm³/mol. The standard InChI is InChI=1S/C21H23ClFN5O6/c1-3-34-18(30)11-28(17(29)10-23)26-19(31)12(2)27-8-4-5-16(21(27)33)25-20(32)13-6-7-15(24)14(22)9-13/h4-9,12H,3,10-11,24H2,1-2H3,(H,25,32)(H,26,31)/t12-/m1/s1. The molecule has 2 rings (SSSR count). The van der Waals surface area contributed by atoms with Gasteiger partial charge in [-0.05, 0) is 44.2 Å². The number of nitrogens with two attached hydrogens (primary N) is 1. The van der Waals surface area contributed by atoms with Crippen LogP contribution >= 0.6 is 11.6 Å². The molecule has 0 radical (unpaired) electrons. The van der Waals surface area contributed by atoms with E-state index in [2.05, 4.69) is 10.7 Å². The molecule has 182 valence electrons. The first kappa shape index (κ1) is 26.3. The molecule has 0 bridgehead atoms. The minimum atomic E-state index is -1.47. The molecule has 0 unspecified atom stereocenters. The molecule has 0 aliphatic carbocycles. The van der Waals surface area contributed by atoms with Gasteiger partial charge in [-0.15, -0.1) is 0 Å². The van der Waals surface area contributed by atoms with Crippen LogP contribution in [-0.2, 0) is 19.1 Å². The summed E-state index contributed by atoms with van der Waals surface area (Å²) in [6.45, 7) is 0.719. The number of esters is 1. The first-order valence-corrected chi connectivity index (χ1v) is 10.4. The molecule has 1 aromatic heterocycles. The molecule has 0 aliphatic heterocycles. The monoisotopic (exact) mass is 495 g/mol. The molecule has 13 heteroatoms. The van der Waals surface area contributed by atoms with Crippen molar-refractivity contribution in [3.05, 3.63) is 57.5 Å². The maximum atomic E-state index is 12.9. The number of aromatic nitrogens is 1. The number of nitrogen functional groups attached to an aromatic ring is 1. The normalized spacial score (nSPS) is 11.3. The number of carbonyl (C=O) groups excluding carboxylic acids is 4. The lowest BCUT2D eigenvalue weighted by atomic mass is 10.2. The van der Waals surface area contributed by atoms with Gasteiger partial charge in [-0.3, -0.25) is 29.4 Å². The fourth-order valence-corrected chi connectivity index (χ4v) is 2.90. The van der Waals surface area contributed by atoms with E-state index < -0.39 is 48.5 Å². The highest BCUT2D eigenvalue weighted by atomic mass is 35.5. The summed E-state index contributed by atoms with van der Waals surface area (Å²) < 4.78 is 18.6. The van der Waals surface area contributed by atoms with Gasteiger partial charge < -0.3 is 20.4 Å². The first-order chi connectivity index (χ1) is 16.1. The Morgan fingerprint density at radius 3 is 2.59 bits per heavy atom. The molecule has 0 aliphatic rings. The van der Waals surface area contributed by atoms with E-state index in [0.29, 0.717) is 5.01 Å². The average molecular weight is 496 g/mol. The number of hydrazine groups is 1. The largest absolute Gasteiger partial charge is 0.465 e. The Morgan fingerprint density at radius 1 is 1.26 bits per heavy atom. The third-order valence-corrected chi connectivity index (χ3v) is 4.86. The zero-order chi connectivity index (χ0) is 25.4. The summed E-state index contributed by atoms with van der Waals surface area (Å²) in [7, 11) is 0. The number of pyridine rings is 1. The maximum Gasteiger partial charge on any atom is 0.327 e. The fourth-order valence-electron chi connectivity index (χ4n) is 2.72. The van der Waals surface area contributed by atoms with Crippen LogP contribution in [0.2, 0.25) is 5.02 Å². The lowest BCUT2D eigenvalue weighted by Crippen LogP contribution is -2.51. The fraction of sp³-hybridized carbons (Fsp3) is 0.286. The van der Waals surface area contributed by atoms with E-state index >= 15 is 0 Å². The number of rotatable bonds is 8. The van der Waals surface area contributed by atoms with Crippen LogP contribution in [0.5, 0.6) is 0 Å². The molecule has 0 saturated carbocycles. The van der Waals surface area contributed by atoms with E-state index in [1.165, 1.54) is 43.5 Å². The van der Waals surface area contributed by atoms with Crippen molar-refractivity contribution in [3.8, 4) is 0 Å². The van der Waals surface area contributed by atoms with Gasteiger partial charge in [0, 0.05) is 11.8 Å². The molecule has 4 N–H and O–H groups in total. The van der Waals surface area contributed by atoms with Gasteiger partial charge in [0.15, 0.2) is 6.67 Å². The highest BCUT2D eigenvalue weighted by Gasteiger charge is 2.24. The van der Waals surface area contributed by atoms with E-state index in [4.69, 9.17) is 22.1 Å². The summed E-state index contributed by atoms with van der Waals surface area (Å²) >= 11 is 5.92. The number of nitrogens with one attached hydrogen (secondary N) is 2. The summed E-state index contributed by atoms with van der Waals surface area (Å²) in [5, 5.41) is 3.07. The van der Waals surface area contributed by atoms with Crippen LogP contribution in [0, 0.1) is 0 Å².